The van der Waals surface area contributed by atoms with Crippen molar-refractivity contribution in [1.82, 2.24) is 4.90 Å². The molecule has 0 bridgehead atoms. The summed E-state index contributed by atoms with van der Waals surface area (Å²) in [6.07, 6.45) is 2.08. The first-order valence-electron chi connectivity index (χ1n) is 11.7. The number of aliphatic carboxylic acids is 1. The van der Waals surface area contributed by atoms with Crippen LogP contribution in [0.1, 0.15) is 33.6 Å². The molecular weight excluding hydrogens is 480 g/mol. The SMILES string of the molecule is Cc1c(-c2cccc(NC3CCN(C(=O)Cc4ccccc4)CC3)c2)sc(C(=O)O)c1OCC(=O)O. The standard InChI is InChI=1S/C27H28N2O6S/c1-17-24(35-16-23(31)32)26(27(33)34)36-25(17)19-8-5-9-21(15-19)28-20-10-12-29(13-11-20)22(30)14-18-6-3-2-4-7-18/h2-9,15,20,28H,10-14,16H2,1H3,(H,31,32)(H,33,34). The zero-order valence-electron chi connectivity index (χ0n) is 19.9. The van der Waals surface area contributed by atoms with E-state index in [2.05, 4.69) is 5.32 Å². The molecule has 188 valence electrons. The van der Waals surface area contributed by atoms with Crippen molar-refractivity contribution in [3.05, 3.63) is 70.6 Å². The fourth-order valence-electron chi connectivity index (χ4n) is 4.36. The third-order valence-corrected chi connectivity index (χ3v) is 7.48. The van der Waals surface area contributed by atoms with Crippen molar-refractivity contribution in [2.45, 2.75) is 32.2 Å². The van der Waals surface area contributed by atoms with Crippen LogP contribution in [0.5, 0.6) is 5.75 Å². The summed E-state index contributed by atoms with van der Waals surface area (Å²) in [5, 5.41) is 22.0. The van der Waals surface area contributed by atoms with Gasteiger partial charge in [-0.2, -0.15) is 0 Å². The number of nitrogens with one attached hydrogen (secondary N) is 1. The number of anilines is 1. The number of ether oxygens (including phenoxy) is 1. The molecule has 36 heavy (non-hydrogen) atoms. The van der Waals surface area contributed by atoms with E-state index in [4.69, 9.17) is 9.84 Å². The number of carbonyl (C=O) groups is 3. The van der Waals surface area contributed by atoms with E-state index in [1.807, 2.05) is 59.5 Å². The van der Waals surface area contributed by atoms with Gasteiger partial charge in [-0.25, -0.2) is 9.59 Å². The molecule has 1 saturated heterocycles. The number of aromatic carboxylic acids is 1. The molecule has 3 N–H and O–H groups in total. The number of piperidine rings is 1. The maximum Gasteiger partial charge on any atom is 0.349 e. The quantitative estimate of drug-likeness (QED) is 0.389. The Morgan fingerprint density at radius 2 is 1.78 bits per heavy atom. The predicted molar refractivity (Wildman–Crippen MR) is 138 cm³/mol. The minimum atomic E-state index is -1.17. The van der Waals surface area contributed by atoms with Crippen LogP contribution in [0.3, 0.4) is 0 Å². The Bertz CT molecular complexity index is 1250. The number of rotatable bonds is 9. The first-order valence-corrected chi connectivity index (χ1v) is 12.5. The van der Waals surface area contributed by atoms with Gasteiger partial charge in [0.25, 0.3) is 0 Å². The van der Waals surface area contributed by atoms with E-state index in [0.717, 1.165) is 45.9 Å². The van der Waals surface area contributed by atoms with Gasteiger partial charge in [-0.1, -0.05) is 42.5 Å². The largest absolute Gasteiger partial charge is 0.480 e. The lowest BCUT2D eigenvalue weighted by Crippen LogP contribution is -2.43. The van der Waals surface area contributed by atoms with Crippen molar-refractivity contribution >= 4 is 34.9 Å². The molecule has 8 nitrogen and oxygen atoms in total. The smallest absolute Gasteiger partial charge is 0.349 e. The van der Waals surface area contributed by atoms with Crippen LogP contribution in [0.15, 0.2) is 54.6 Å². The van der Waals surface area contributed by atoms with Crippen molar-refractivity contribution in [3.63, 3.8) is 0 Å². The van der Waals surface area contributed by atoms with Crippen LogP contribution >= 0.6 is 11.3 Å². The van der Waals surface area contributed by atoms with Crippen LogP contribution < -0.4 is 10.1 Å². The second-order valence-electron chi connectivity index (χ2n) is 8.74. The number of carbonyl (C=O) groups excluding carboxylic acids is 1. The lowest BCUT2D eigenvalue weighted by Gasteiger charge is -2.33. The predicted octanol–water partition coefficient (Wildman–Crippen LogP) is 4.53. The minimum Gasteiger partial charge on any atom is -0.480 e. The van der Waals surface area contributed by atoms with Crippen molar-refractivity contribution < 1.29 is 29.3 Å². The second kappa shape index (κ2) is 11.3. The highest BCUT2D eigenvalue weighted by Crippen LogP contribution is 2.42. The molecular formula is C27H28N2O6S. The molecule has 9 heteroatoms. The molecule has 1 aromatic heterocycles. The van der Waals surface area contributed by atoms with E-state index in [0.29, 0.717) is 25.1 Å². The summed E-state index contributed by atoms with van der Waals surface area (Å²) in [4.78, 5) is 37.9. The lowest BCUT2D eigenvalue weighted by atomic mass is 10.0. The van der Waals surface area contributed by atoms with E-state index in [9.17, 15) is 19.5 Å². The second-order valence-corrected chi connectivity index (χ2v) is 9.77. The number of hydrogen-bond donors (Lipinski definition) is 3. The Kier molecular flexibility index (Phi) is 7.90. The number of likely N-dealkylation sites (tertiary alicyclic amines) is 1. The third kappa shape index (κ3) is 6.04. The molecule has 4 rings (SSSR count). The molecule has 2 aromatic carbocycles. The van der Waals surface area contributed by atoms with Crippen molar-refractivity contribution in [2.24, 2.45) is 0 Å². The van der Waals surface area contributed by atoms with Crippen LogP contribution in [0.25, 0.3) is 10.4 Å². The van der Waals surface area contributed by atoms with Crippen molar-refractivity contribution in [3.8, 4) is 16.2 Å². The molecule has 0 unspecified atom stereocenters. The Labute approximate surface area is 213 Å². The average Bonchev–Trinajstić information content (AvgIpc) is 3.20. The van der Waals surface area contributed by atoms with Crippen LogP contribution in [0, 0.1) is 6.92 Å². The fraction of sp³-hybridized carbons (Fsp3) is 0.296. The molecule has 1 amide bonds. The third-order valence-electron chi connectivity index (χ3n) is 6.17. The van der Waals surface area contributed by atoms with Gasteiger partial charge in [0.1, 0.15) is 5.75 Å². The van der Waals surface area contributed by atoms with E-state index in [1.54, 1.807) is 6.92 Å². The van der Waals surface area contributed by atoms with E-state index < -0.39 is 18.5 Å². The normalized spacial score (nSPS) is 13.9. The van der Waals surface area contributed by atoms with Crippen LogP contribution in [0.4, 0.5) is 5.69 Å². The summed E-state index contributed by atoms with van der Waals surface area (Å²) in [7, 11) is 0. The Morgan fingerprint density at radius 1 is 1.06 bits per heavy atom. The first kappa shape index (κ1) is 25.2. The zero-order valence-corrected chi connectivity index (χ0v) is 20.7. The number of hydrogen-bond acceptors (Lipinski definition) is 6. The number of nitrogens with zero attached hydrogens (tertiary/aromatic N) is 1. The van der Waals surface area contributed by atoms with Gasteiger partial charge in [0, 0.05) is 35.3 Å². The Hall–Kier alpha value is -3.85. The van der Waals surface area contributed by atoms with E-state index >= 15 is 0 Å². The molecule has 0 aliphatic carbocycles. The Balaban J connectivity index is 1.41. The van der Waals surface area contributed by atoms with Crippen LogP contribution in [-0.4, -0.2) is 58.7 Å². The van der Waals surface area contributed by atoms with Gasteiger partial charge < -0.3 is 25.2 Å². The molecule has 0 saturated carbocycles. The lowest BCUT2D eigenvalue weighted by molar-refractivity contribution is -0.139. The van der Waals surface area contributed by atoms with Crippen LogP contribution in [-0.2, 0) is 16.0 Å². The van der Waals surface area contributed by atoms with Gasteiger partial charge in [0.2, 0.25) is 5.91 Å². The highest BCUT2D eigenvalue weighted by atomic mass is 32.1. The molecule has 0 spiro atoms. The summed E-state index contributed by atoms with van der Waals surface area (Å²) >= 11 is 1.07. The molecule has 2 heterocycles. The number of carboxylic acid groups (broad SMARTS) is 2. The summed E-state index contributed by atoms with van der Waals surface area (Å²) in [6.45, 7) is 2.52. The Morgan fingerprint density at radius 3 is 2.44 bits per heavy atom. The molecule has 0 radical (unpaired) electrons. The molecule has 3 aromatic rings. The average molecular weight is 509 g/mol. The highest BCUT2D eigenvalue weighted by molar-refractivity contribution is 7.18. The molecule has 1 aliphatic rings. The first-order chi connectivity index (χ1) is 17.3. The van der Waals surface area contributed by atoms with Gasteiger partial charge in [-0.3, -0.25) is 4.79 Å². The van der Waals surface area contributed by atoms with E-state index in [1.165, 1.54) is 0 Å². The van der Waals surface area contributed by atoms with Gasteiger partial charge in [0.15, 0.2) is 11.5 Å². The van der Waals surface area contributed by atoms with Gasteiger partial charge in [-0.05, 0) is 43.0 Å². The molecule has 0 atom stereocenters. The van der Waals surface area contributed by atoms with Gasteiger partial charge in [0.05, 0.1) is 6.42 Å². The summed E-state index contributed by atoms with van der Waals surface area (Å²) in [6, 6.07) is 17.7. The fourth-order valence-corrected chi connectivity index (χ4v) is 5.45. The van der Waals surface area contributed by atoms with E-state index in [-0.39, 0.29) is 22.6 Å². The zero-order chi connectivity index (χ0) is 25.7. The minimum absolute atomic E-state index is 0.0188. The summed E-state index contributed by atoms with van der Waals surface area (Å²) in [5.41, 5.74) is 3.34. The number of carboxylic acids is 2. The number of thiophene rings is 1. The molecule has 1 fully saturated rings. The van der Waals surface area contributed by atoms with Crippen LogP contribution in [0.2, 0.25) is 0 Å². The van der Waals surface area contributed by atoms with Crippen molar-refractivity contribution in [2.75, 3.05) is 25.0 Å². The maximum atomic E-state index is 12.6. The summed E-state index contributed by atoms with van der Waals surface area (Å²) < 4.78 is 5.29. The monoisotopic (exact) mass is 508 g/mol. The number of benzene rings is 2. The maximum absolute atomic E-state index is 12.6. The highest BCUT2D eigenvalue weighted by Gasteiger charge is 2.25. The number of amides is 1. The summed E-state index contributed by atoms with van der Waals surface area (Å²) in [5.74, 6) is -2.09. The van der Waals surface area contributed by atoms with Gasteiger partial charge >= 0.3 is 11.9 Å². The van der Waals surface area contributed by atoms with Gasteiger partial charge in [-0.15, -0.1) is 11.3 Å². The molecule has 1 aliphatic heterocycles. The van der Waals surface area contributed by atoms with Crippen molar-refractivity contribution in [1.29, 1.82) is 0 Å². The topological polar surface area (TPSA) is 116 Å².